The Morgan fingerprint density at radius 3 is 2.76 bits per heavy atom. The van der Waals surface area contributed by atoms with E-state index in [1.54, 1.807) is 14.0 Å². The third-order valence-electron chi connectivity index (χ3n) is 5.03. The Labute approximate surface area is 173 Å². The molecule has 0 spiro atoms. The summed E-state index contributed by atoms with van der Waals surface area (Å²) in [5.74, 6) is 1.32. The molecule has 0 amide bonds. The average molecular weight is 422 g/mol. The number of sulfone groups is 1. The molecular weight excluding hydrogens is 390 g/mol. The van der Waals surface area contributed by atoms with Crippen molar-refractivity contribution in [2.45, 2.75) is 44.3 Å². The lowest BCUT2D eigenvalue weighted by Gasteiger charge is -2.26. The number of nitrogens with zero attached hydrogens (tertiary/aromatic N) is 4. The maximum absolute atomic E-state index is 11.9. The second-order valence-corrected chi connectivity index (χ2v) is 9.53. The van der Waals surface area contributed by atoms with Gasteiger partial charge in [0, 0.05) is 20.1 Å². The molecular formula is C20H31N5O3S. The normalized spacial score (nSPS) is 15.4. The molecule has 0 atom stereocenters. The Morgan fingerprint density at radius 1 is 1.21 bits per heavy atom. The van der Waals surface area contributed by atoms with Crippen molar-refractivity contribution in [3.8, 4) is 5.75 Å². The number of piperidine rings is 1. The predicted octanol–water partition coefficient (Wildman–Crippen LogP) is 2.48. The predicted molar refractivity (Wildman–Crippen MR) is 113 cm³/mol. The van der Waals surface area contributed by atoms with Crippen molar-refractivity contribution >= 4 is 15.8 Å². The first-order valence-corrected chi connectivity index (χ1v) is 11.9. The molecule has 1 saturated heterocycles. The fourth-order valence-electron chi connectivity index (χ4n) is 3.35. The number of rotatable bonds is 10. The smallest absolute Gasteiger partial charge is 0.268 e. The van der Waals surface area contributed by atoms with Gasteiger partial charge in [-0.2, -0.15) is 4.98 Å². The Kier molecular flexibility index (Phi) is 7.49. The molecule has 3 rings (SSSR count). The van der Waals surface area contributed by atoms with E-state index in [4.69, 9.17) is 4.74 Å². The molecule has 29 heavy (non-hydrogen) atoms. The van der Waals surface area contributed by atoms with Gasteiger partial charge in [-0.15, -0.1) is 5.10 Å². The van der Waals surface area contributed by atoms with Crippen LogP contribution in [0, 0.1) is 0 Å². The van der Waals surface area contributed by atoms with Crippen LogP contribution in [-0.4, -0.2) is 60.1 Å². The summed E-state index contributed by atoms with van der Waals surface area (Å²) >= 11 is 0. The monoisotopic (exact) mass is 421 g/mol. The molecule has 8 nitrogen and oxygen atoms in total. The van der Waals surface area contributed by atoms with Crippen LogP contribution in [0.15, 0.2) is 29.4 Å². The van der Waals surface area contributed by atoms with Crippen LogP contribution in [0.25, 0.3) is 0 Å². The summed E-state index contributed by atoms with van der Waals surface area (Å²) in [5, 5.41) is 6.96. The minimum atomic E-state index is -3.40. The number of likely N-dealkylation sites (tertiary alicyclic amines) is 1. The van der Waals surface area contributed by atoms with E-state index < -0.39 is 9.84 Å². The molecule has 1 aliphatic heterocycles. The molecule has 0 unspecified atom stereocenters. The van der Waals surface area contributed by atoms with Crippen LogP contribution in [0.2, 0.25) is 0 Å². The molecule has 2 heterocycles. The fourth-order valence-corrected chi connectivity index (χ4v) is 4.08. The zero-order valence-corrected chi connectivity index (χ0v) is 18.1. The van der Waals surface area contributed by atoms with Gasteiger partial charge in [-0.3, -0.25) is 4.90 Å². The zero-order chi connectivity index (χ0) is 20.7. The maximum atomic E-state index is 11.9. The van der Waals surface area contributed by atoms with E-state index in [0.717, 1.165) is 18.7 Å². The van der Waals surface area contributed by atoms with E-state index in [1.165, 1.54) is 42.6 Å². The topological polar surface area (TPSA) is 89.4 Å². The Morgan fingerprint density at radius 2 is 2.00 bits per heavy atom. The number of aromatic nitrogens is 3. The van der Waals surface area contributed by atoms with Crippen LogP contribution in [-0.2, 0) is 23.4 Å². The van der Waals surface area contributed by atoms with Gasteiger partial charge >= 0.3 is 0 Å². The van der Waals surface area contributed by atoms with E-state index in [0.29, 0.717) is 19.1 Å². The quantitative estimate of drug-likeness (QED) is 0.590. The van der Waals surface area contributed by atoms with Crippen molar-refractivity contribution in [3.63, 3.8) is 0 Å². The van der Waals surface area contributed by atoms with Crippen molar-refractivity contribution < 1.29 is 13.2 Å². The van der Waals surface area contributed by atoms with Gasteiger partial charge in [0.25, 0.3) is 5.16 Å². The van der Waals surface area contributed by atoms with Crippen LogP contribution in [0.5, 0.6) is 5.75 Å². The number of aryl methyl sites for hydroxylation is 1. The van der Waals surface area contributed by atoms with Crippen molar-refractivity contribution in [2.24, 2.45) is 7.05 Å². The van der Waals surface area contributed by atoms with Crippen molar-refractivity contribution in [1.29, 1.82) is 0 Å². The van der Waals surface area contributed by atoms with Crippen LogP contribution in [0.4, 0.5) is 5.95 Å². The average Bonchev–Trinajstić information content (AvgIpc) is 3.10. The largest absolute Gasteiger partial charge is 0.494 e. The van der Waals surface area contributed by atoms with Gasteiger partial charge in [0.15, 0.2) is 0 Å². The lowest BCUT2D eigenvalue weighted by molar-refractivity contribution is 0.220. The molecule has 1 fully saturated rings. The van der Waals surface area contributed by atoms with Crippen LogP contribution < -0.4 is 10.1 Å². The minimum absolute atomic E-state index is 0.0128. The zero-order valence-electron chi connectivity index (χ0n) is 17.3. The number of hydrogen-bond acceptors (Lipinski definition) is 7. The van der Waals surface area contributed by atoms with Gasteiger partial charge in [-0.25, -0.2) is 13.1 Å². The summed E-state index contributed by atoms with van der Waals surface area (Å²) < 4.78 is 31.1. The summed E-state index contributed by atoms with van der Waals surface area (Å²) in [4.78, 5) is 6.58. The van der Waals surface area contributed by atoms with E-state index in [-0.39, 0.29) is 10.9 Å². The Bertz CT molecular complexity index is 891. The van der Waals surface area contributed by atoms with Crippen LogP contribution in [0.3, 0.4) is 0 Å². The summed E-state index contributed by atoms with van der Waals surface area (Å²) in [6.45, 7) is 6.11. The van der Waals surface area contributed by atoms with Gasteiger partial charge < -0.3 is 10.1 Å². The third kappa shape index (κ3) is 6.17. The third-order valence-corrected chi connectivity index (χ3v) is 6.52. The first-order chi connectivity index (χ1) is 14.0. The number of ether oxygens (including phenoxy) is 1. The first kappa shape index (κ1) is 21.6. The van der Waals surface area contributed by atoms with Crippen molar-refractivity contribution in [1.82, 2.24) is 19.7 Å². The highest BCUT2D eigenvalue weighted by Crippen LogP contribution is 2.18. The number of anilines is 1. The molecule has 9 heteroatoms. The van der Waals surface area contributed by atoms with Gasteiger partial charge in [-0.1, -0.05) is 25.5 Å². The second kappa shape index (κ2) is 10.1. The standard InChI is InChI=1S/C20H31N5O3S/c1-3-29(26,27)20-22-19(24(2)23-20)21-11-8-14-28-18-10-7-9-17(15-18)16-25-12-5-4-6-13-25/h7,9-10,15H,3-6,8,11-14,16H2,1-2H3,(H,21,22,23). The number of nitrogens with one attached hydrogen (secondary N) is 1. The fraction of sp³-hybridized carbons (Fsp3) is 0.600. The summed E-state index contributed by atoms with van der Waals surface area (Å²) in [6, 6.07) is 8.30. The van der Waals surface area contributed by atoms with E-state index in [2.05, 4.69) is 32.4 Å². The van der Waals surface area contributed by atoms with E-state index in [1.807, 2.05) is 12.1 Å². The highest BCUT2D eigenvalue weighted by molar-refractivity contribution is 7.91. The number of benzene rings is 1. The lowest BCUT2D eigenvalue weighted by Crippen LogP contribution is -2.29. The molecule has 160 valence electrons. The van der Waals surface area contributed by atoms with Crippen molar-refractivity contribution in [3.05, 3.63) is 29.8 Å². The van der Waals surface area contributed by atoms with Gasteiger partial charge in [0.05, 0.1) is 12.4 Å². The van der Waals surface area contributed by atoms with Gasteiger partial charge in [0.1, 0.15) is 5.75 Å². The maximum Gasteiger partial charge on any atom is 0.268 e. The molecule has 0 bridgehead atoms. The minimum Gasteiger partial charge on any atom is -0.494 e. The van der Waals surface area contributed by atoms with Gasteiger partial charge in [0.2, 0.25) is 15.8 Å². The second-order valence-electron chi connectivity index (χ2n) is 7.36. The summed E-state index contributed by atoms with van der Waals surface area (Å²) in [6.07, 6.45) is 4.69. The van der Waals surface area contributed by atoms with Crippen molar-refractivity contribution in [2.75, 3.05) is 37.3 Å². The molecule has 1 aromatic carbocycles. The van der Waals surface area contributed by atoms with E-state index >= 15 is 0 Å². The SMILES string of the molecule is CCS(=O)(=O)c1nc(NCCCOc2cccc(CN3CCCCC3)c2)n(C)n1. The Hall–Kier alpha value is -2.13. The first-order valence-electron chi connectivity index (χ1n) is 10.3. The van der Waals surface area contributed by atoms with Crippen LogP contribution >= 0.6 is 0 Å². The molecule has 1 N–H and O–H groups in total. The van der Waals surface area contributed by atoms with Crippen LogP contribution in [0.1, 0.15) is 38.2 Å². The molecule has 1 aromatic heterocycles. The molecule has 1 aliphatic rings. The summed E-state index contributed by atoms with van der Waals surface area (Å²) in [7, 11) is -1.72. The molecule has 0 radical (unpaired) electrons. The summed E-state index contributed by atoms with van der Waals surface area (Å²) in [5.41, 5.74) is 1.28. The highest BCUT2D eigenvalue weighted by Gasteiger charge is 2.19. The molecule has 0 aliphatic carbocycles. The lowest BCUT2D eigenvalue weighted by atomic mass is 10.1. The highest BCUT2D eigenvalue weighted by atomic mass is 32.2. The Balaban J connectivity index is 1.42. The van der Waals surface area contributed by atoms with E-state index in [9.17, 15) is 8.42 Å². The molecule has 2 aromatic rings. The number of hydrogen-bond donors (Lipinski definition) is 1. The van der Waals surface area contributed by atoms with Gasteiger partial charge in [-0.05, 0) is 50.0 Å². The molecule has 0 saturated carbocycles.